The zero-order valence-electron chi connectivity index (χ0n) is 10.5. The summed E-state index contributed by atoms with van der Waals surface area (Å²) in [6.07, 6.45) is 7.86. The number of unbranched alkanes of at least 4 members (excludes halogenated alkanes) is 1. The number of hydrogen-bond donors (Lipinski definition) is 1. The Hall–Kier alpha value is -0.0400. The topological polar surface area (TPSA) is 20.2 Å². The van der Waals surface area contributed by atoms with Gasteiger partial charge in [-0.2, -0.15) is 0 Å². The summed E-state index contributed by atoms with van der Waals surface area (Å²) in [7, 11) is 0. The Morgan fingerprint density at radius 3 is 1.86 bits per heavy atom. The maximum atomic E-state index is 10.4. The molecule has 0 radical (unpaired) electrons. The first-order valence-electron chi connectivity index (χ1n) is 6.36. The fourth-order valence-electron chi connectivity index (χ4n) is 2.31. The molecule has 1 heteroatoms. The van der Waals surface area contributed by atoms with Crippen LogP contribution in [-0.4, -0.2) is 10.7 Å². The van der Waals surface area contributed by atoms with Crippen LogP contribution in [-0.2, 0) is 0 Å². The molecule has 0 aromatic carbocycles. The minimum absolute atomic E-state index is 0.398. The van der Waals surface area contributed by atoms with E-state index in [0.717, 1.165) is 12.8 Å². The van der Waals surface area contributed by atoms with Crippen molar-refractivity contribution in [3.05, 3.63) is 0 Å². The van der Waals surface area contributed by atoms with Gasteiger partial charge in [-0.15, -0.1) is 0 Å². The van der Waals surface area contributed by atoms with E-state index in [9.17, 15) is 5.11 Å². The molecule has 1 N–H and O–H groups in total. The summed E-state index contributed by atoms with van der Waals surface area (Å²) < 4.78 is 0. The molecule has 0 saturated heterocycles. The van der Waals surface area contributed by atoms with Crippen molar-refractivity contribution in [1.29, 1.82) is 0 Å². The first kappa shape index (κ1) is 14.0. The van der Waals surface area contributed by atoms with E-state index in [0.29, 0.717) is 5.92 Å². The van der Waals surface area contributed by atoms with Crippen molar-refractivity contribution < 1.29 is 5.11 Å². The monoisotopic (exact) mass is 200 g/mol. The molecule has 0 fully saturated rings. The molecular formula is C13H28O. The van der Waals surface area contributed by atoms with E-state index in [2.05, 4.69) is 27.7 Å². The van der Waals surface area contributed by atoms with Crippen LogP contribution in [0.25, 0.3) is 0 Å². The van der Waals surface area contributed by atoms with Crippen LogP contribution in [0.15, 0.2) is 0 Å². The standard InChI is InChI=1S/C13H28O/c1-5-9-11-12(10-6-2)13(14,7-3)8-4/h12,14H,5-11H2,1-4H3. The second-order valence-corrected chi connectivity index (χ2v) is 4.44. The quantitative estimate of drug-likeness (QED) is 0.624. The molecule has 86 valence electrons. The van der Waals surface area contributed by atoms with E-state index in [4.69, 9.17) is 0 Å². The molecule has 1 nitrogen and oxygen atoms in total. The largest absolute Gasteiger partial charge is 0.390 e. The lowest BCUT2D eigenvalue weighted by molar-refractivity contribution is -0.0334. The van der Waals surface area contributed by atoms with E-state index in [-0.39, 0.29) is 0 Å². The molecule has 0 aliphatic carbocycles. The first-order valence-corrected chi connectivity index (χ1v) is 6.36. The fraction of sp³-hybridized carbons (Fsp3) is 1.00. The SMILES string of the molecule is CCCCC(CCC)C(O)(CC)CC. The lowest BCUT2D eigenvalue weighted by Gasteiger charge is -2.35. The Labute approximate surface area is 89.9 Å². The molecule has 0 aliphatic rings. The number of aliphatic hydroxyl groups is 1. The van der Waals surface area contributed by atoms with Crippen LogP contribution in [0.1, 0.15) is 72.6 Å². The molecule has 0 spiro atoms. The third-order valence-electron chi connectivity index (χ3n) is 3.53. The van der Waals surface area contributed by atoms with Crippen LogP contribution in [0, 0.1) is 5.92 Å². The summed E-state index contributed by atoms with van der Waals surface area (Å²) in [4.78, 5) is 0. The van der Waals surface area contributed by atoms with Gasteiger partial charge in [-0.05, 0) is 31.6 Å². The normalized spacial score (nSPS) is 14.4. The van der Waals surface area contributed by atoms with Gasteiger partial charge in [-0.3, -0.25) is 0 Å². The van der Waals surface area contributed by atoms with Crippen LogP contribution in [0.5, 0.6) is 0 Å². The Morgan fingerprint density at radius 2 is 1.50 bits per heavy atom. The van der Waals surface area contributed by atoms with Gasteiger partial charge in [-0.1, -0.05) is 47.0 Å². The Bertz CT molecular complexity index is 127. The van der Waals surface area contributed by atoms with E-state index in [1.165, 1.54) is 32.1 Å². The molecule has 0 aliphatic heterocycles. The summed E-state index contributed by atoms with van der Waals surface area (Å²) in [6, 6.07) is 0. The lowest BCUT2D eigenvalue weighted by atomic mass is 9.77. The van der Waals surface area contributed by atoms with Gasteiger partial charge in [0.25, 0.3) is 0 Å². The maximum Gasteiger partial charge on any atom is 0.0670 e. The molecule has 0 aromatic rings. The zero-order valence-corrected chi connectivity index (χ0v) is 10.5. The highest BCUT2D eigenvalue weighted by Crippen LogP contribution is 2.32. The second kappa shape index (κ2) is 7.28. The molecule has 1 unspecified atom stereocenters. The summed E-state index contributed by atoms with van der Waals surface area (Å²) in [5, 5.41) is 10.4. The van der Waals surface area contributed by atoms with Crippen LogP contribution >= 0.6 is 0 Å². The molecule has 0 saturated carbocycles. The number of rotatable bonds is 8. The van der Waals surface area contributed by atoms with Crippen molar-refractivity contribution in [3.63, 3.8) is 0 Å². The van der Waals surface area contributed by atoms with Crippen molar-refractivity contribution in [3.8, 4) is 0 Å². The summed E-state index contributed by atoms with van der Waals surface area (Å²) >= 11 is 0. The van der Waals surface area contributed by atoms with Crippen molar-refractivity contribution in [2.24, 2.45) is 5.92 Å². The molecule has 0 aromatic heterocycles. The smallest absolute Gasteiger partial charge is 0.0670 e. The van der Waals surface area contributed by atoms with Gasteiger partial charge in [0.1, 0.15) is 0 Å². The van der Waals surface area contributed by atoms with E-state index in [1.54, 1.807) is 0 Å². The molecular weight excluding hydrogens is 172 g/mol. The van der Waals surface area contributed by atoms with Gasteiger partial charge in [0, 0.05) is 0 Å². The average Bonchev–Trinajstić information content (AvgIpc) is 2.23. The van der Waals surface area contributed by atoms with Gasteiger partial charge in [0.05, 0.1) is 5.60 Å². The first-order chi connectivity index (χ1) is 6.64. The summed E-state index contributed by atoms with van der Waals surface area (Å²) in [6.45, 7) is 8.65. The van der Waals surface area contributed by atoms with Crippen molar-refractivity contribution in [2.45, 2.75) is 78.2 Å². The highest BCUT2D eigenvalue weighted by atomic mass is 16.3. The van der Waals surface area contributed by atoms with Gasteiger partial charge < -0.3 is 5.11 Å². The molecule has 0 bridgehead atoms. The predicted molar refractivity (Wildman–Crippen MR) is 63.5 cm³/mol. The minimum Gasteiger partial charge on any atom is -0.390 e. The zero-order chi connectivity index (χ0) is 11.0. The third kappa shape index (κ3) is 4.00. The second-order valence-electron chi connectivity index (χ2n) is 4.44. The average molecular weight is 200 g/mol. The fourth-order valence-corrected chi connectivity index (χ4v) is 2.31. The molecule has 0 rings (SSSR count). The predicted octanol–water partition coefficient (Wildman–Crippen LogP) is 4.14. The van der Waals surface area contributed by atoms with E-state index in [1.807, 2.05) is 0 Å². The minimum atomic E-state index is -0.398. The van der Waals surface area contributed by atoms with Crippen LogP contribution in [0.4, 0.5) is 0 Å². The molecule has 14 heavy (non-hydrogen) atoms. The molecule has 1 atom stereocenters. The van der Waals surface area contributed by atoms with Crippen molar-refractivity contribution in [1.82, 2.24) is 0 Å². The Morgan fingerprint density at radius 1 is 0.929 bits per heavy atom. The van der Waals surface area contributed by atoms with Crippen molar-refractivity contribution >= 4 is 0 Å². The maximum absolute atomic E-state index is 10.4. The van der Waals surface area contributed by atoms with Crippen molar-refractivity contribution in [2.75, 3.05) is 0 Å². The van der Waals surface area contributed by atoms with E-state index >= 15 is 0 Å². The molecule has 0 heterocycles. The third-order valence-corrected chi connectivity index (χ3v) is 3.53. The highest BCUT2D eigenvalue weighted by molar-refractivity contribution is 4.83. The van der Waals surface area contributed by atoms with Crippen LogP contribution in [0.2, 0.25) is 0 Å². The van der Waals surface area contributed by atoms with Crippen LogP contribution < -0.4 is 0 Å². The van der Waals surface area contributed by atoms with Gasteiger partial charge in [0.2, 0.25) is 0 Å². The summed E-state index contributed by atoms with van der Waals surface area (Å²) in [5.74, 6) is 0.516. The Kier molecular flexibility index (Phi) is 7.26. The molecule has 0 amide bonds. The lowest BCUT2D eigenvalue weighted by Crippen LogP contribution is -2.36. The van der Waals surface area contributed by atoms with Gasteiger partial charge in [-0.25, -0.2) is 0 Å². The highest BCUT2D eigenvalue weighted by Gasteiger charge is 2.31. The van der Waals surface area contributed by atoms with E-state index < -0.39 is 5.60 Å². The van der Waals surface area contributed by atoms with Gasteiger partial charge >= 0.3 is 0 Å². The van der Waals surface area contributed by atoms with Crippen LogP contribution in [0.3, 0.4) is 0 Å². The Balaban J connectivity index is 4.27. The van der Waals surface area contributed by atoms with Gasteiger partial charge in [0.15, 0.2) is 0 Å². The summed E-state index contributed by atoms with van der Waals surface area (Å²) in [5.41, 5.74) is -0.398. The number of hydrogen-bond acceptors (Lipinski definition) is 1.